The van der Waals surface area contributed by atoms with Gasteiger partial charge in [-0.05, 0) is 49.6 Å². The molecule has 3 aromatic carbocycles. The zero-order valence-corrected chi connectivity index (χ0v) is 21.7. The van der Waals surface area contributed by atoms with Crippen molar-refractivity contribution in [1.82, 2.24) is 10.2 Å². The molecule has 3 aromatic rings. The smallest absolute Gasteiger partial charge is 0.264 e. The van der Waals surface area contributed by atoms with Crippen LogP contribution in [0.3, 0.4) is 0 Å². The minimum absolute atomic E-state index is 0.0874. The molecule has 0 radical (unpaired) electrons. The largest absolute Gasteiger partial charge is 0.354 e. The van der Waals surface area contributed by atoms with Gasteiger partial charge in [0.15, 0.2) is 0 Å². The SMILES string of the molecule is CCCNC(=O)[C@H](C)N(Cc1ccccc1)C(=O)CN(c1ccccc1C)S(=O)(=O)c1ccccc1. The molecule has 0 bridgehead atoms. The number of sulfonamides is 1. The number of nitrogens with one attached hydrogen (secondary N) is 1. The van der Waals surface area contributed by atoms with Gasteiger partial charge in [0.2, 0.25) is 11.8 Å². The third-order valence-electron chi connectivity index (χ3n) is 5.91. The Bertz CT molecular complexity index is 1260. The summed E-state index contributed by atoms with van der Waals surface area (Å²) in [4.78, 5) is 28.1. The Morgan fingerprint density at radius 3 is 2.08 bits per heavy atom. The summed E-state index contributed by atoms with van der Waals surface area (Å²) < 4.78 is 28.6. The Kier molecular flexibility index (Phi) is 9.25. The van der Waals surface area contributed by atoms with Crippen LogP contribution in [0, 0.1) is 6.92 Å². The van der Waals surface area contributed by atoms with E-state index in [1.807, 2.05) is 43.3 Å². The van der Waals surface area contributed by atoms with Gasteiger partial charge < -0.3 is 10.2 Å². The maximum Gasteiger partial charge on any atom is 0.264 e. The van der Waals surface area contributed by atoms with Crippen LogP contribution in [0.2, 0.25) is 0 Å². The highest BCUT2D eigenvalue weighted by Gasteiger charge is 2.32. The van der Waals surface area contributed by atoms with Crippen LogP contribution in [0.5, 0.6) is 0 Å². The van der Waals surface area contributed by atoms with Gasteiger partial charge >= 0.3 is 0 Å². The van der Waals surface area contributed by atoms with Gasteiger partial charge in [-0.15, -0.1) is 0 Å². The molecule has 1 atom stereocenters. The topological polar surface area (TPSA) is 86.8 Å². The highest BCUT2D eigenvalue weighted by molar-refractivity contribution is 7.92. The summed E-state index contributed by atoms with van der Waals surface area (Å²) in [5.41, 5.74) is 1.97. The Balaban J connectivity index is 2.00. The Hall–Kier alpha value is -3.65. The highest BCUT2D eigenvalue weighted by Crippen LogP contribution is 2.27. The van der Waals surface area contributed by atoms with Crippen molar-refractivity contribution in [2.24, 2.45) is 0 Å². The number of anilines is 1. The summed E-state index contributed by atoms with van der Waals surface area (Å²) in [5.74, 6) is -0.754. The minimum atomic E-state index is -4.05. The van der Waals surface area contributed by atoms with Crippen LogP contribution in [0.4, 0.5) is 5.69 Å². The minimum Gasteiger partial charge on any atom is -0.354 e. The molecule has 0 aliphatic carbocycles. The molecule has 0 saturated carbocycles. The number of rotatable bonds is 11. The molecule has 0 spiro atoms. The number of hydrogen-bond acceptors (Lipinski definition) is 4. The summed E-state index contributed by atoms with van der Waals surface area (Å²) >= 11 is 0. The molecule has 7 nitrogen and oxygen atoms in total. The zero-order chi connectivity index (χ0) is 26.1. The average Bonchev–Trinajstić information content (AvgIpc) is 2.90. The molecule has 190 valence electrons. The molecule has 0 heterocycles. The van der Waals surface area contributed by atoms with E-state index in [0.717, 1.165) is 16.3 Å². The molecule has 0 unspecified atom stereocenters. The number of aryl methyl sites for hydroxylation is 1. The van der Waals surface area contributed by atoms with Crippen molar-refractivity contribution in [3.8, 4) is 0 Å². The maximum absolute atomic E-state index is 13.8. The van der Waals surface area contributed by atoms with Crippen LogP contribution in [0.25, 0.3) is 0 Å². The Morgan fingerprint density at radius 2 is 1.47 bits per heavy atom. The van der Waals surface area contributed by atoms with Crippen LogP contribution in [0.15, 0.2) is 89.8 Å². The van der Waals surface area contributed by atoms with Gasteiger partial charge in [0, 0.05) is 13.1 Å². The number of para-hydroxylation sites is 1. The predicted molar refractivity (Wildman–Crippen MR) is 142 cm³/mol. The number of amides is 2. The van der Waals surface area contributed by atoms with E-state index < -0.39 is 28.5 Å². The molecule has 3 rings (SSSR count). The zero-order valence-electron chi connectivity index (χ0n) is 20.9. The normalized spacial score (nSPS) is 12.0. The lowest BCUT2D eigenvalue weighted by Crippen LogP contribution is -2.51. The van der Waals surface area contributed by atoms with E-state index in [-0.39, 0.29) is 17.3 Å². The number of hydrogen-bond donors (Lipinski definition) is 1. The average molecular weight is 508 g/mol. The Morgan fingerprint density at radius 1 is 0.889 bits per heavy atom. The summed E-state index contributed by atoms with van der Waals surface area (Å²) in [6.07, 6.45) is 0.765. The molecule has 0 aliphatic rings. The van der Waals surface area contributed by atoms with Crippen molar-refractivity contribution >= 4 is 27.5 Å². The van der Waals surface area contributed by atoms with Crippen LogP contribution in [0.1, 0.15) is 31.4 Å². The predicted octanol–water partition coefficient (Wildman–Crippen LogP) is 4.13. The highest BCUT2D eigenvalue weighted by atomic mass is 32.2. The number of nitrogens with zero attached hydrogens (tertiary/aromatic N) is 2. The van der Waals surface area contributed by atoms with Crippen molar-refractivity contribution in [3.63, 3.8) is 0 Å². The number of carbonyl (C=O) groups excluding carboxylic acids is 2. The summed E-state index contributed by atoms with van der Waals surface area (Å²) in [6, 6.07) is 23.6. The third-order valence-corrected chi connectivity index (χ3v) is 7.68. The molecule has 2 amide bonds. The van der Waals surface area contributed by atoms with Crippen LogP contribution < -0.4 is 9.62 Å². The molecule has 0 fully saturated rings. The van der Waals surface area contributed by atoms with E-state index in [1.165, 1.54) is 17.0 Å². The van der Waals surface area contributed by atoms with Gasteiger partial charge in [-0.1, -0.05) is 73.7 Å². The lowest BCUT2D eigenvalue weighted by Gasteiger charge is -2.32. The van der Waals surface area contributed by atoms with E-state index in [9.17, 15) is 18.0 Å². The molecular weight excluding hydrogens is 474 g/mol. The standard InChI is InChI=1S/C28H33N3O4S/c1-4-19-29-28(33)23(3)30(20-24-14-7-5-8-15-24)27(32)21-31(26-18-12-11-13-22(26)2)36(34,35)25-16-9-6-10-17-25/h5-18,23H,4,19-21H2,1-3H3,(H,29,33)/t23-/m0/s1. The van der Waals surface area contributed by atoms with Gasteiger partial charge in [-0.25, -0.2) is 8.42 Å². The monoisotopic (exact) mass is 507 g/mol. The third kappa shape index (κ3) is 6.51. The molecule has 36 heavy (non-hydrogen) atoms. The second kappa shape index (κ2) is 12.4. The lowest BCUT2D eigenvalue weighted by molar-refractivity contribution is -0.139. The second-order valence-corrected chi connectivity index (χ2v) is 10.4. The molecule has 0 aliphatic heterocycles. The van der Waals surface area contributed by atoms with Gasteiger partial charge in [-0.2, -0.15) is 0 Å². The van der Waals surface area contributed by atoms with Crippen LogP contribution >= 0.6 is 0 Å². The van der Waals surface area contributed by atoms with Crippen molar-refractivity contribution in [3.05, 3.63) is 96.1 Å². The van der Waals surface area contributed by atoms with E-state index in [2.05, 4.69) is 5.32 Å². The fourth-order valence-corrected chi connectivity index (χ4v) is 5.33. The van der Waals surface area contributed by atoms with Crippen molar-refractivity contribution in [1.29, 1.82) is 0 Å². The fraction of sp³-hybridized carbons (Fsp3) is 0.286. The molecule has 8 heteroatoms. The summed E-state index contributed by atoms with van der Waals surface area (Å²) in [7, 11) is -4.05. The maximum atomic E-state index is 13.8. The van der Waals surface area contributed by atoms with Crippen molar-refractivity contribution in [2.75, 3.05) is 17.4 Å². The van der Waals surface area contributed by atoms with Crippen LogP contribution in [-0.4, -0.2) is 44.3 Å². The quantitative estimate of drug-likeness (QED) is 0.423. The fourth-order valence-electron chi connectivity index (χ4n) is 3.83. The van der Waals surface area contributed by atoms with Crippen molar-refractivity contribution in [2.45, 2.75) is 44.7 Å². The molecule has 0 aromatic heterocycles. The van der Waals surface area contributed by atoms with Gasteiger partial charge in [0.1, 0.15) is 12.6 Å². The molecule has 1 N–H and O–H groups in total. The van der Waals surface area contributed by atoms with Gasteiger partial charge in [-0.3, -0.25) is 13.9 Å². The van der Waals surface area contributed by atoms with E-state index >= 15 is 0 Å². The number of benzene rings is 3. The lowest BCUT2D eigenvalue weighted by atomic mass is 10.1. The van der Waals surface area contributed by atoms with Crippen molar-refractivity contribution < 1.29 is 18.0 Å². The summed E-state index contributed by atoms with van der Waals surface area (Å²) in [5, 5.41) is 2.84. The van der Waals surface area contributed by atoms with Crippen LogP contribution in [-0.2, 0) is 26.2 Å². The second-order valence-electron chi connectivity index (χ2n) is 8.59. The van der Waals surface area contributed by atoms with E-state index in [1.54, 1.807) is 50.2 Å². The van der Waals surface area contributed by atoms with Gasteiger partial charge in [0.25, 0.3) is 10.0 Å². The first-order valence-corrected chi connectivity index (χ1v) is 13.4. The van der Waals surface area contributed by atoms with Gasteiger partial charge in [0.05, 0.1) is 10.6 Å². The van der Waals surface area contributed by atoms with E-state index in [4.69, 9.17) is 0 Å². The first-order valence-electron chi connectivity index (χ1n) is 12.0. The van der Waals surface area contributed by atoms with E-state index in [0.29, 0.717) is 17.8 Å². The Labute approximate surface area is 213 Å². The number of carbonyl (C=O) groups is 2. The first kappa shape index (κ1) is 26.9. The molecular formula is C28H33N3O4S. The summed E-state index contributed by atoms with van der Waals surface area (Å²) in [6.45, 7) is 5.64. The molecule has 0 saturated heterocycles. The first-order chi connectivity index (χ1) is 17.3.